The third-order valence-corrected chi connectivity index (χ3v) is 7.17. The number of aryl methyl sites for hydroxylation is 1. The maximum atomic E-state index is 13.0. The Hall–Kier alpha value is -1.99. The lowest BCUT2D eigenvalue weighted by Crippen LogP contribution is -2.29. The summed E-state index contributed by atoms with van der Waals surface area (Å²) in [5, 5.41) is 2.85. The maximum absolute atomic E-state index is 13.0. The molecule has 2 aromatic carbocycles. The molecular weight excluding hydrogens is 392 g/mol. The molecule has 1 amide bonds. The highest BCUT2D eigenvalue weighted by Gasteiger charge is 2.23. The van der Waals surface area contributed by atoms with Crippen LogP contribution in [-0.4, -0.2) is 38.4 Å². The van der Waals surface area contributed by atoms with Gasteiger partial charge >= 0.3 is 0 Å². The van der Waals surface area contributed by atoms with E-state index in [1.807, 2.05) is 19.1 Å². The van der Waals surface area contributed by atoms with Gasteiger partial charge in [-0.15, -0.1) is 0 Å². The lowest BCUT2D eigenvalue weighted by atomic mass is 10.2. The molecule has 0 aliphatic carbocycles. The summed E-state index contributed by atoms with van der Waals surface area (Å²) in [6.45, 7) is 8.76. The number of hydrogen-bond acceptors (Lipinski definition) is 4. The quantitative estimate of drug-likeness (QED) is 0.686. The highest BCUT2D eigenvalue weighted by atomic mass is 32.2. The van der Waals surface area contributed by atoms with Crippen molar-refractivity contribution in [1.82, 2.24) is 5.32 Å². The van der Waals surface area contributed by atoms with Crippen LogP contribution >= 0.6 is 11.8 Å². The molecular formula is C21H28N2O3S2. The number of rotatable bonds is 7. The monoisotopic (exact) mass is 420 g/mol. The second-order valence-electron chi connectivity index (χ2n) is 7.50. The van der Waals surface area contributed by atoms with E-state index in [0.29, 0.717) is 17.8 Å². The summed E-state index contributed by atoms with van der Waals surface area (Å²) >= 11 is 1.76. The highest BCUT2D eigenvalue weighted by molar-refractivity contribution is 8.00. The van der Waals surface area contributed by atoms with Gasteiger partial charge in [0.1, 0.15) is 0 Å². The maximum Gasteiger partial charge on any atom is 0.264 e. The van der Waals surface area contributed by atoms with Crippen LogP contribution in [0.3, 0.4) is 0 Å². The lowest BCUT2D eigenvalue weighted by Gasteiger charge is -2.21. The summed E-state index contributed by atoms with van der Waals surface area (Å²) in [5.41, 5.74) is 1.80. The van der Waals surface area contributed by atoms with Gasteiger partial charge in [-0.3, -0.25) is 9.10 Å². The van der Waals surface area contributed by atoms with Crippen molar-refractivity contribution in [3.63, 3.8) is 0 Å². The van der Waals surface area contributed by atoms with Crippen molar-refractivity contribution in [2.24, 2.45) is 0 Å². The van der Waals surface area contributed by atoms with E-state index < -0.39 is 10.0 Å². The van der Waals surface area contributed by atoms with Gasteiger partial charge in [-0.1, -0.05) is 45.0 Å². The number of sulfonamides is 1. The van der Waals surface area contributed by atoms with Gasteiger partial charge in [0, 0.05) is 29.7 Å². The topological polar surface area (TPSA) is 66.5 Å². The first-order chi connectivity index (χ1) is 13.0. The molecule has 0 unspecified atom stereocenters. The Labute approximate surface area is 172 Å². The number of nitrogens with zero attached hydrogens (tertiary/aromatic N) is 1. The predicted octanol–water partition coefficient (Wildman–Crippen LogP) is 4.08. The number of hydrogen-bond donors (Lipinski definition) is 1. The van der Waals surface area contributed by atoms with Crippen LogP contribution in [0, 0.1) is 6.92 Å². The predicted molar refractivity (Wildman–Crippen MR) is 118 cm³/mol. The second kappa shape index (κ2) is 9.01. The van der Waals surface area contributed by atoms with Crippen molar-refractivity contribution >= 4 is 33.4 Å². The Kier molecular flexibility index (Phi) is 7.17. The van der Waals surface area contributed by atoms with Crippen molar-refractivity contribution in [1.29, 1.82) is 0 Å². The number of thioether (sulfide) groups is 1. The van der Waals surface area contributed by atoms with Crippen LogP contribution in [0.15, 0.2) is 53.4 Å². The minimum atomic E-state index is -3.77. The number of benzene rings is 2. The molecule has 0 aliphatic rings. The molecule has 0 fully saturated rings. The molecule has 0 aliphatic heterocycles. The zero-order chi connectivity index (χ0) is 20.9. The molecule has 0 spiro atoms. The number of amides is 1. The normalized spacial score (nSPS) is 11.9. The largest absolute Gasteiger partial charge is 0.351 e. The number of nitrogens with one attached hydrogen (secondary N) is 1. The van der Waals surface area contributed by atoms with Crippen LogP contribution < -0.4 is 9.62 Å². The Bertz CT molecular complexity index is 935. The molecule has 5 nitrogen and oxygen atoms in total. The van der Waals surface area contributed by atoms with Crippen molar-refractivity contribution in [3.05, 3.63) is 59.7 Å². The Morgan fingerprint density at radius 3 is 2.43 bits per heavy atom. The van der Waals surface area contributed by atoms with E-state index >= 15 is 0 Å². The van der Waals surface area contributed by atoms with Crippen molar-refractivity contribution < 1.29 is 13.2 Å². The van der Waals surface area contributed by atoms with E-state index in [4.69, 9.17) is 0 Å². The van der Waals surface area contributed by atoms with E-state index in [-0.39, 0.29) is 15.5 Å². The van der Waals surface area contributed by atoms with E-state index in [1.54, 1.807) is 36.0 Å². The van der Waals surface area contributed by atoms with Crippen molar-refractivity contribution in [3.8, 4) is 0 Å². The Morgan fingerprint density at radius 1 is 1.11 bits per heavy atom. The van der Waals surface area contributed by atoms with Crippen LogP contribution in [0.2, 0.25) is 0 Å². The van der Waals surface area contributed by atoms with E-state index in [2.05, 4.69) is 26.1 Å². The minimum Gasteiger partial charge on any atom is -0.351 e. The van der Waals surface area contributed by atoms with Crippen LogP contribution in [0.1, 0.15) is 36.7 Å². The number of para-hydroxylation sites is 1. The standard InChI is InChI=1S/C21H28N2O3S2/c1-16-9-6-7-12-19(16)23(5)28(25,26)18-11-8-10-17(15-18)20(24)22-13-14-27-21(2,3)4/h6-12,15H,13-14H2,1-5H3,(H,22,24). The molecule has 2 aromatic rings. The molecule has 0 bridgehead atoms. The molecule has 7 heteroatoms. The van der Waals surface area contributed by atoms with E-state index in [0.717, 1.165) is 11.3 Å². The molecule has 0 aromatic heterocycles. The fourth-order valence-electron chi connectivity index (χ4n) is 2.63. The first kappa shape index (κ1) is 22.3. The molecule has 0 saturated carbocycles. The molecule has 28 heavy (non-hydrogen) atoms. The summed E-state index contributed by atoms with van der Waals surface area (Å²) < 4.78 is 27.4. The minimum absolute atomic E-state index is 0.0926. The average molecular weight is 421 g/mol. The van der Waals surface area contributed by atoms with E-state index in [9.17, 15) is 13.2 Å². The number of anilines is 1. The van der Waals surface area contributed by atoms with Crippen LogP contribution in [0.25, 0.3) is 0 Å². The van der Waals surface area contributed by atoms with Gasteiger partial charge < -0.3 is 5.32 Å². The SMILES string of the molecule is Cc1ccccc1N(C)S(=O)(=O)c1cccc(C(=O)NCCSC(C)(C)C)c1. The molecule has 2 rings (SSSR count). The lowest BCUT2D eigenvalue weighted by molar-refractivity contribution is 0.0956. The van der Waals surface area contributed by atoms with Gasteiger partial charge in [-0.05, 0) is 36.8 Å². The molecule has 0 heterocycles. The van der Waals surface area contributed by atoms with Crippen molar-refractivity contribution in [2.45, 2.75) is 37.3 Å². The molecule has 1 N–H and O–H groups in total. The molecule has 0 radical (unpaired) electrons. The Morgan fingerprint density at radius 2 is 1.79 bits per heavy atom. The van der Waals surface area contributed by atoms with Crippen LogP contribution in [-0.2, 0) is 10.0 Å². The number of carbonyl (C=O) groups is 1. The van der Waals surface area contributed by atoms with Gasteiger partial charge in [0.2, 0.25) is 0 Å². The highest BCUT2D eigenvalue weighted by Crippen LogP contribution is 2.25. The zero-order valence-corrected chi connectivity index (χ0v) is 18.7. The van der Waals surface area contributed by atoms with Crippen molar-refractivity contribution in [2.75, 3.05) is 23.7 Å². The second-order valence-corrected chi connectivity index (χ2v) is 11.4. The Balaban J connectivity index is 2.15. The third-order valence-electron chi connectivity index (χ3n) is 4.13. The summed E-state index contributed by atoms with van der Waals surface area (Å²) in [7, 11) is -2.24. The zero-order valence-electron chi connectivity index (χ0n) is 17.0. The average Bonchev–Trinajstić information content (AvgIpc) is 2.64. The van der Waals surface area contributed by atoms with Crippen LogP contribution in [0.4, 0.5) is 5.69 Å². The smallest absolute Gasteiger partial charge is 0.264 e. The summed E-state index contributed by atoms with van der Waals surface area (Å²) in [6, 6.07) is 13.4. The number of carbonyl (C=O) groups excluding carboxylic acids is 1. The molecule has 0 saturated heterocycles. The van der Waals surface area contributed by atoms with E-state index in [1.165, 1.54) is 23.5 Å². The summed E-state index contributed by atoms with van der Waals surface area (Å²) in [4.78, 5) is 12.5. The first-order valence-corrected chi connectivity index (χ1v) is 11.5. The first-order valence-electron chi connectivity index (χ1n) is 9.09. The molecule has 152 valence electrons. The summed E-state index contributed by atoms with van der Waals surface area (Å²) in [6.07, 6.45) is 0. The van der Waals surface area contributed by atoms with Crippen LogP contribution in [0.5, 0.6) is 0 Å². The van der Waals surface area contributed by atoms with Gasteiger partial charge in [0.25, 0.3) is 15.9 Å². The van der Waals surface area contributed by atoms with Gasteiger partial charge in [-0.2, -0.15) is 11.8 Å². The summed E-state index contributed by atoms with van der Waals surface area (Å²) in [5.74, 6) is 0.522. The van der Waals surface area contributed by atoms with Gasteiger partial charge in [0.15, 0.2) is 0 Å². The molecule has 0 atom stereocenters. The fraction of sp³-hybridized carbons (Fsp3) is 0.381. The van der Waals surface area contributed by atoms with Gasteiger partial charge in [0.05, 0.1) is 10.6 Å². The van der Waals surface area contributed by atoms with Gasteiger partial charge in [-0.25, -0.2) is 8.42 Å². The third kappa shape index (κ3) is 5.75. The fourth-order valence-corrected chi connectivity index (χ4v) is 4.75.